The van der Waals surface area contributed by atoms with Crippen molar-refractivity contribution in [3.8, 4) is 0 Å². The van der Waals surface area contributed by atoms with Crippen LogP contribution < -0.4 is 0 Å². The van der Waals surface area contributed by atoms with E-state index >= 15 is 0 Å². The maximum absolute atomic E-state index is 6.56. The molecule has 5 nitrogen and oxygen atoms in total. The minimum absolute atomic E-state index is 0.100. The Balaban J connectivity index is 1.47. The van der Waals surface area contributed by atoms with Gasteiger partial charge in [-0.3, -0.25) is 0 Å². The Morgan fingerprint density at radius 1 is 0.667 bits per heavy atom. The van der Waals surface area contributed by atoms with Crippen molar-refractivity contribution in [1.29, 1.82) is 0 Å². The maximum atomic E-state index is 6.56. The molecule has 0 aromatic carbocycles. The van der Waals surface area contributed by atoms with E-state index in [4.69, 9.17) is 18.6 Å². The van der Waals surface area contributed by atoms with Crippen LogP contribution in [0.15, 0.2) is 0 Å². The van der Waals surface area contributed by atoms with Crippen LogP contribution in [0.2, 0.25) is 26.7 Å². The molecule has 0 atom stereocenters. The molecule has 5 aliphatic rings. The van der Waals surface area contributed by atoms with Crippen LogP contribution in [0.4, 0.5) is 0 Å². The number of hydrogen-bond donors (Lipinski definition) is 0. The average molecular weight is 522 g/mol. The van der Waals surface area contributed by atoms with Gasteiger partial charge in [0.2, 0.25) is 0 Å². The second kappa shape index (κ2) is 9.41. The molecule has 0 N–H and O–H groups in total. The van der Waals surface area contributed by atoms with Crippen molar-refractivity contribution in [1.82, 2.24) is 4.90 Å². The fourth-order valence-electron chi connectivity index (χ4n) is 6.36. The zero-order valence-corrected chi connectivity index (χ0v) is 24.9. The van der Waals surface area contributed by atoms with Crippen molar-refractivity contribution in [3.05, 3.63) is 0 Å². The van der Waals surface area contributed by atoms with Crippen LogP contribution in [0.3, 0.4) is 0 Å². The second-order valence-electron chi connectivity index (χ2n) is 13.5. The van der Waals surface area contributed by atoms with Crippen LogP contribution in [-0.4, -0.2) is 74.4 Å². The summed E-state index contributed by atoms with van der Waals surface area (Å²) in [6.07, 6.45) is 6.66. The first-order valence-electron chi connectivity index (χ1n) is 13.7. The van der Waals surface area contributed by atoms with E-state index in [9.17, 15) is 0 Å². The van der Waals surface area contributed by atoms with Gasteiger partial charge in [-0.1, -0.05) is 0 Å². The standard InChI is InChI=1S/C25H49B2GeNO4/c1-22(2)23(3,4)31-26(30-22)21(27-32-24(5,6)25(7,8)33-27)13-9-14-28-15-10-18-29(19-11-16-28)20-12-17-28/h21H,9-20H2,1-8H3. The molecule has 5 aliphatic heterocycles. The molecule has 0 radical (unpaired) electrons. The number of fused-ring (bicyclic) bond motifs is 6. The molecule has 0 spiro atoms. The summed E-state index contributed by atoms with van der Waals surface area (Å²) in [5.41, 5.74) is -1.23. The van der Waals surface area contributed by atoms with Gasteiger partial charge in [-0.2, -0.15) is 0 Å². The third-order valence-corrected chi connectivity index (χ3v) is 21.9. The molecule has 2 bridgehead atoms. The molecule has 5 saturated heterocycles. The van der Waals surface area contributed by atoms with Gasteiger partial charge in [0.15, 0.2) is 0 Å². The van der Waals surface area contributed by atoms with Crippen LogP contribution in [-0.2, 0) is 18.6 Å². The van der Waals surface area contributed by atoms with Crippen molar-refractivity contribution in [3.63, 3.8) is 0 Å². The fourth-order valence-corrected chi connectivity index (χ4v) is 17.2. The molecule has 8 heteroatoms. The monoisotopic (exact) mass is 523 g/mol. The van der Waals surface area contributed by atoms with Gasteiger partial charge in [-0.05, 0) is 0 Å². The predicted molar refractivity (Wildman–Crippen MR) is 140 cm³/mol. The average Bonchev–Trinajstić information content (AvgIpc) is 2.98. The van der Waals surface area contributed by atoms with Crippen LogP contribution in [0.5, 0.6) is 0 Å². The number of rotatable bonds is 6. The van der Waals surface area contributed by atoms with Crippen molar-refractivity contribution in [2.24, 2.45) is 0 Å². The van der Waals surface area contributed by atoms with Crippen molar-refractivity contribution >= 4 is 27.5 Å². The van der Waals surface area contributed by atoms with Crippen LogP contribution in [0, 0.1) is 0 Å². The summed E-state index contributed by atoms with van der Waals surface area (Å²) in [5, 5.41) is 6.23. The van der Waals surface area contributed by atoms with Gasteiger partial charge >= 0.3 is 207 Å². The Bertz CT molecular complexity index is 607. The molecule has 188 valence electrons. The zero-order chi connectivity index (χ0) is 24.1. The van der Waals surface area contributed by atoms with Crippen LogP contribution in [0.25, 0.3) is 0 Å². The first-order valence-corrected chi connectivity index (χ1v) is 19.6. The molecule has 0 aromatic heterocycles. The van der Waals surface area contributed by atoms with Crippen molar-refractivity contribution in [2.75, 3.05) is 19.6 Å². The third kappa shape index (κ3) is 5.44. The van der Waals surface area contributed by atoms with Gasteiger partial charge in [-0.25, -0.2) is 0 Å². The van der Waals surface area contributed by atoms with E-state index in [1.807, 2.05) is 0 Å². The predicted octanol–water partition coefficient (Wildman–Crippen LogP) is 5.81. The quantitative estimate of drug-likeness (QED) is 0.413. The van der Waals surface area contributed by atoms with E-state index in [1.165, 1.54) is 50.6 Å². The van der Waals surface area contributed by atoms with Crippen molar-refractivity contribution in [2.45, 2.75) is 137 Å². The molecule has 33 heavy (non-hydrogen) atoms. The van der Waals surface area contributed by atoms with Gasteiger partial charge in [0.05, 0.1) is 0 Å². The minimum atomic E-state index is -1.77. The van der Waals surface area contributed by atoms with Gasteiger partial charge in [0, 0.05) is 0 Å². The van der Waals surface area contributed by atoms with Gasteiger partial charge in [0.1, 0.15) is 0 Å². The summed E-state index contributed by atoms with van der Waals surface area (Å²) in [4.78, 5) is 2.72. The Kier molecular flexibility index (Phi) is 7.56. The summed E-state index contributed by atoms with van der Waals surface area (Å²) in [6.45, 7) is 21.2. The van der Waals surface area contributed by atoms with Gasteiger partial charge < -0.3 is 0 Å². The van der Waals surface area contributed by atoms with E-state index in [0.29, 0.717) is 0 Å². The van der Waals surface area contributed by atoms with E-state index in [2.05, 4.69) is 60.3 Å². The molecule has 0 saturated carbocycles. The van der Waals surface area contributed by atoms with E-state index in [1.54, 1.807) is 15.8 Å². The van der Waals surface area contributed by atoms with Gasteiger partial charge in [0.25, 0.3) is 0 Å². The van der Waals surface area contributed by atoms with E-state index in [0.717, 1.165) is 6.42 Å². The molecule has 0 amide bonds. The molecular formula is C25H49B2GeNO4. The first-order chi connectivity index (χ1) is 15.3. The Labute approximate surface area is 207 Å². The molecule has 0 unspecified atom stereocenters. The summed E-state index contributed by atoms with van der Waals surface area (Å²) >= 11 is -1.77. The van der Waals surface area contributed by atoms with E-state index in [-0.39, 0.29) is 42.4 Å². The number of hydrogen-bond acceptors (Lipinski definition) is 5. The topological polar surface area (TPSA) is 40.2 Å². The second-order valence-corrected chi connectivity index (χ2v) is 23.9. The molecule has 5 rings (SSSR count). The molecular weight excluding hydrogens is 473 g/mol. The Hall–Kier alpha value is 0.473. The van der Waals surface area contributed by atoms with E-state index < -0.39 is 13.3 Å². The normalized spacial score (nSPS) is 35.0. The van der Waals surface area contributed by atoms with Gasteiger partial charge in [-0.15, -0.1) is 0 Å². The summed E-state index contributed by atoms with van der Waals surface area (Å²) in [7, 11) is -0.559. The molecule has 5 heterocycles. The number of nitrogens with zero attached hydrogens (tertiary/aromatic N) is 1. The SMILES string of the molecule is CC1(C)OB(C(CC[CH2][Ge]23[CH2]CCN(CC[CH2]2)CC[CH2]3)B2OC(C)(C)C(C)(C)O2)OC1(C)C. The van der Waals surface area contributed by atoms with Crippen molar-refractivity contribution < 1.29 is 18.6 Å². The Morgan fingerprint density at radius 3 is 1.39 bits per heavy atom. The summed E-state index contributed by atoms with van der Waals surface area (Å²) in [6, 6.07) is 0. The molecule has 0 aromatic rings. The summed E-state index contributed by atoms with van der Waals surface area (Å²) in [5.74, 6) is 0. The third-order valence-electron chi connectivity index (χ3n) is 10.0. The van der Waals surface area contributed by atoms with Crippen LogP contribution >= 0.6 is 0 Å². The fraction of sp³-hybridized carbons (Fsp3) is 1.00. The van der Waals surface area contributed by atoms with Crippen LogP contribution in [0.1, 0.15) is 87.5 Å². The first kappa shape index (κ1) is 26.5. The summed E-state index contributed by atoms with van der Waals surface area (Å²) < 4.78 is 26.2. The Morgan fingerprint density at radius 2 is 1.03 bits per heavy atom. The molecule has 0 aliphatic carbocycles. The molecule has 5 fully saturated rings. The zero-order valence-electron chi connectivity index (χ0n) is 22.8.